The highest BCUT2D eigenvalue weighted by Gasteiger charge is 2.19. The highest BCUT2D eigenvalue weighted by atomic mass is 16.6. The molecule has 0 aliphatic heterocycles. The smallest absolute Gasteiger partial charge is 0.306 e. The minimum Gasteiger partial charge on any atom is -0.462 e. The Morgan fingerprint density at radius 3 is 0.779 bits per heavy atom. The molecule has 0 spiro atoms. The lowest BCUT2D eigenvalue weighted by atomic mass is 10.0. The molecule has 6 heteroatoms. The highest BCUT2D eigenvalue weighted by molar-refractivity contribution is 5.71. The lowest BCUT2D eigenvalue weighted by molar-refractivity contribution is -0.167. The van der Waals surface area contributed by atoms with Gasteiger partial charge in [0.1, 0.15) is 13.2 Å². The van der Waals surface area contributed by atoms with E-state index in [9.17, 15) is 14.4 Å². The molecule has 0 aliphatic rings. The zero-order valence-corrected chi connectivity index (χ0v) is 51.5. The zero-order chi connectivity index (χ0) is 55.7. The van der Waals surface area contributed by atoms with Crippen molar-refractivity contribution < 1.29 is 28.6 Å². The molecule has 0 unspecified atom stereocenters. The number of allylic oxidation sites excluding steroid dienone is 10. The molecule has 0 aromatic heterocycles. The third-order valence-electron chi connectivity index (χ3n) is 15.0. The third-order valence-corrected chi connectivity index (χ3v) is 15.0. The van der Waals surface area contributed by atoms with Crippen LogP contribution in [0.5, 0.6) is 0 Å². The number of carbonyl (C=O) groups excluding carboxylic acids is 3. The van der Waals surface area contributed by atoms with Gasteiger partial charge in [-0.1, -0.05) is 306 Å². The average molecular weight is 1080 g/mol. The molecule has 0 N–H and O–H groups in total. The Balaban J connectivity index is 4.39. The Morgan fingerprint density at radius 1 is 0.260 bits per heavy atom. The van der Waals surface area contributed by atoms with Crippen LogP contribution in [0.2, 0.25) is 0 Å². The minimum absolute atomic E-state index is 0.0842. The summed E-state index contributed by atoms with van der Waals surface area (Å²) in [7, 11) is 0. The predicted molar refractivity (Wildman–Crippen MR) is 335 cm³/mol. The molecule has 0 aromatic rings. The Bertz CT molecular complexity index is 1380. The first-order valence-electron chi connectivity index (χ1n) is 33.8. The van der Waals surface area contributed by atoms with E-state index in [1.165, 1.54) is 231 Å². The minimum atomic E-state index is -0.792. The molecule has 0 saturated heterocycles. The van der Waals surface area contributed by atoms with Crippen molar-refractivity contribution in [2.75, 3.05) is 13.2 Å². The average Bonchev–Trinajstić information content (AvgIpc) is 3.43. The maximum atomic E-state index is 12.9. The molecular formula is C71H128O6. The van der Waals surface area contributed by atoms with Crippen LogP contribution in [0.25, 0.3) is 0 Å². The summed E-state index contributed by atoms with van der Waals surface area (Å²) in [5.41, 5.74) is 0. The molecule has 0 aliphatic carbocycles. The SMILES string of the molecule is CCCCC/C=C\C/C=C\C/C=C\C/C=C\CCCCCC(=O)O[C@H](COC(=O)CCCCCCCCCCC/C=C\CCCCCCCC)COC(=O)CCCCCCCCCCCCCCCCCCCCCCC. The highest BCUT2D eigenvalue weighted by Crippen LogP contribution is 2.17. The number of esters is 3. The summed E-state index contributed by atoms with van der Waals surface area (Å²) in [4.78, 5) is 38.4. The van der Waals surface area contributed by atoms with Crippen molar-refractivity contribution >= 4 is 17.9 Å². The van der Waals surface area contributed by atoms with Gasteiger partial charge in [-0.25, -0.2) is 0 Å². The quantitative estimate of drug-likeness (QED) is 0.0261. The van der Waals surface area contributed by atoms with Crippen LogP contribution in [0.1, 0.15) is 355 Å². The topological polar surface area (TPSA) is 78.9 Å². The first-order chi connectivity index (χ1) is 38.0. The first kappa shape index (κ1) is 74.1. The molecule has 448 valence electrons. The van der Waals surface area contributed by atoms with E-state index in [1.54, 1.807) is 0 Å². The lowest BCUT2D eigenvalue weighted by Crippen LogP contribution is -2.30. The van der Waals surface area contributed by atoms with Crippen LogP contribution in [0, 0.1) is 0 Å². The molecule has 0 aromatic carbocycles. The van der Waals surface area contributed by atoms with Gasteiger partial charge in [-0.05, 0) is 89.9 Å². The van der Waals surface area contributed by atoms with Crippen LogP contribution >= 0.6 is 0 Å². The summed E-state index contributed by atoms with van der Waals surface area (Å²) in [6.45, 7) is 6.64. The second-order valence-electron chi connectivity index (χ2n) is 22.7. The predicted octanol–water partition coefficient (Wildman–Crippen LogP) is 23.1. The Labute approximate surface area is 479 Å². The fourth-order valence-corrected chi connectivity index (χ4v) is 9.89. The van der Waals surface area contributed by atoms with Crippen LogP contribution in [0.3, 0.4) is 0 Å². The van der Waals surface area contributed by atoms with Crippen molar-refractivity contribution in [2.45, 2.75) is 361 Å². The fourth-order valence-electron chi connectivity index (χ4n) is 9.89. The molecule has 6 nitrogen and oxygen atoms in total. The van der Waals surface area contributed by atoms with Crippen molar-refractivity contribution in [1.29, 1.82) is 0 Å². The van der Waals surface area contributed by atoms with Gasteiger partial charge in [-0.3, -0.25) is 14.4 Å². The Kier molecular flexibility index (Phi) is 63.2. The summed E-state index contributed by atoms with van der Waals surface area (Å²) in [5, 5.41) is 0. The van der Waals surface area contributed by atoms with Crippen LogP contribution in [0.15, 0.2) is 60.8 Å². The maximum absolute atomic E-state index is 12.9. The second kappa shape index (κ2) is 65.6. The van der Waals surface area contributed by atoms with Gasteiger partial charge in [0.15, 0.2) is 6.10 Å². The monoisotopic (exact) mass is 1080 g/mol. The zero-order valence-electron chi connectivity index (χ0n) is 51.5. The van der Waals surface area contributed by atoms with Gasteiger partial charge >= 0.3 is 17.9 Å². The summed E-state index contributed by atoms with van der Waals surface area (Å²) in [5.74, 6) is -0.895. The van der Waals surface area contributed by atoms with Gasteiger partial charge in [-0.15, -0.1) is 0 Å². The molecule has 0 fully saturated rings. The summed E-state index contributed by atoms with van der Waals surface area (Å²) < 4.78 is 17.0. The summed E-state index contributed by atoms with van der Waals surface area (Å²) in [6.07, 6.45) is 83.7. The van der Waals surface area contributed by atoms with Crippen LogP contribution in [-0.2, 0) is 28.6 Å². The maximum Gasteiger partial charge on any atom is 0.306 e. The number of unbranched alkanes of at least 4 members (excludes halogenated alkanes) is 41. The Hall–Kier alpha value is -2.89. The fraction of sp³-hybridized carbons (Fsp3) is 0.817. The van der Waals surface area contributed by atoms with E-state index in [-0.39, 0.29) is 31.1 Å². The number of hydrogen-bond acceptors (Lipinski definition) is 6. The second-order valence-corrected chi connectivity index (χ2v) is 22.7. The molecule has 0 rings (SSSR count). The standard InChI is InChI=1S/C71H128O6/c1-4-7-10-13-16-19-22-25-28-31-34-35-38-40-43-46-49-52-55-58-61-64-70(73)76-67-68(77-71(74)65-62-59-56-53-50-47-44-41-37-33-30-27-24-21-18-15-12-9-6-3)66-75-69(72)63-60-57-54-51-48-45-42-39-36-32-29-26-23-20-17-14-11-8-5-2/h18,21,26-27,29-30,37,41,47,50,68H,4-17,19-20,22-25,28,31-36,38-40,42-46,48-49,51-67H2,1-3H3/b21-18-,29-26-,30-27-,41-37-,50-47-/t68-/m1/s1. The third kappa shape index (κ3) is 63.8. The molecule has 0 radical (unpaired) electrons. The lowest BCUT2D eigenvalue weighted by Gasteiger charge is -2.18. The first-order valence-corrected chi connectivity index (χ1v) is 33.8. The summed E-state index contributed by atoms with van der Waals surface area (Å²) >= 11 is 0. The van der Waals surface area contributed by atoms with E-state index in [2.05, 4.69) is 81.5 Å². The van der Waals surface area contributed by atoms with Crippen LogP contribution in [0.4, 0.5) is 0 Å². The van der Waals surface area contributed by atoms with Crippen LogP contribution in [-0.4, -0.2) is 37.2 Å². The number of rotatable bonds is 62. The molecule has 1 atom stereocenters. The van der Waals surface area contributed by atoms with E-state index < -0.39 is 6.10 Å². The van der Waals surface area contributed by atoms with Crippen molar-refractivity contribution in [3.8, 4) is 0 Å². The Morgan fingerprint density at radius 2 is 0.468 bits per heavy atom. The van der Waals surface area contributed by atoms with E-state index in [1.807, 2.05) is 0 Å². The summed E-state index contributed by atoms with van der Waals surface area (Å²) in [6, 6.07) is 0. The van der Waals surface area contributed by atoms with Crippen molar-refractivity contribution in [3.05, 3.63) is 60.8 Å². The number of carbonyl (C=O) groups is 3. The molecule has 0 amide bonds. The van der Waals surface area contributed by atoms with Crippen LogP contribution < -0.4 is 0 Å². The van der Waals surface area contributed by atoms with Crippen molar-refractivity contribution in [1.82, 2.24) is 0 Å². The van der Waals surface area contributed by atoms with Gasteiger partial charge in [0.25, 0.3) is 0 Å². The van der Waals surface area contributed by atoms with Gasteiger partial charge in [0.05, 0.1) is 0 Å². The molecule has 0 saturated carbocycles. The van der Waals surface area contributed by atoms with Gasteiger partial charge in [0, 0.05) is 19.3 Å². The number of hydrogen-bond donors (Lipinski definition) is 0. The van der Waals surface area contributed by atoms with E-state index >= 15 is 0 Å². The molecule has 0 bridgehead atoms. The van der Waals surface area contributed by atoms with Crippen molar-refractivity contribution in [2.24, 2.45) is 0 Å². The van der Waals surface area contributed by atoms with Gasteiger partial charge < -0.3 is 14.2 Å². The number of ether oxygens (including phenoxy) is 3. The molecule has 77 heavy (non-hydrogen) atoms. The molecule has 0 heterocycles. The van der Waals surface area contributed by atoms with E-state index in [4.69, 9.17) is 14.2 Å². The van der Waals surface area contributed by atoms with Crippen molar-refractivity contribution in [3.63, 3.8) is 0 Å². The largest absolute Gasteiger partial charge is 0.462 e. The van der Waals surface area contributed by atoms with Gasteiger partial charge in [-0.2, -0.15) is 0 Å². The van der Waals surface area contributed by atoms with Gasteiger partial charge in [0.2, 0.25) is 0 Å². The van der Waals surface area contributed by atoms with E-state index in [0.717, 1.165) is 83.5 Å². The molecular weight excluding hydrogens is 949 g/mol. The normalized spacial score (nSPS) is 12.4. The van der Waals surface area contributed by atoms with E-state index in [0.29, 0.717) is 19.3 Å².